The Morgan fingerprint density at radius 3 is 1.74 bits per heavy atom. The van der Waals surface area contributed by atoms with Gasteiger partial charge in [-0.15, -0.1) is 0 Å². The number of anilines is 1. The number of nitrogens with zero attached hydrogens (tertiary/aromatic N) is 2. The zero-order valence-corrected chi connectivity index (χ0v) is 18.5. The predicted octanol–water partition coefficient (Wildman–Crippen LogP) is 3.95. The predicted molar refractivity (Wildman–Crippen MR) is 116 cm³/mol. The molecule has 31 heavy (non-hydrogen) atoms. The maximum Gasteiger partial charge on any atom is 0.410 e. The third-order valence-electron chi connectivity index (χ3n) is 6.21. The molecule has 1 aromatic carbocycles. The van der Waals surface area contributed by atoms with Crippen molar-refractivity contribution >= 4 is 23.7 Å². The van der Waals surface area contributed by atoms with Crippen molar-refractivity contribution in [1.82, 2.24) is 4.90 Å². The Kier molecular flexibility index (Phi) is 6.77. The van der Waals surface area contributed by atoms with Gasteiger partial charge in [0, 0.05) is 26.2 Å². The van der Waals surface area contributed by atoms with Crippen LogP contribution in [-0.4, -0.2) is 64.9 Å². The summed E-state index contributed by atoms with van der Waals surface area (Å²) in [7, 11) is 0. The maximum absolute atomic E-state index is 12.3. The lowest BCUT2D eigenvalue weighted by atomic mass is 9.78. The van der Waals surface area contributed by atoms with E-state index >= 15 is 0 Å². The van der Waals surface area contributed by atoms with Gasteiger partial charge in [-0.2, -0.15) is 0 Å². The smallest absolute Gasteiger partial charge is 0.410 e. The Labute approximate surface area is 182 Å². The molecule has 170 valence electrons. The first kappa shape index (κ1) is 22.9. The number of carbonyl (C=O) groups is 3. The molecule has 0 unspecified atom stereocenters. The van der Waals surface area contributed by atoms with Crippen molar-refractivity contribution in [2.45, 2.75) is 52.1 Å². The summed E-state index contributed by atoms with van der Waals surface area (Å²) in [5.41, 5.74) is -0.129. The van der Waals surface area contributed by atoms with E-state index in [2.05, 4.69) is 0 Å². The first-order valence-corrected chi connectivity index (χ1v) is 10.9. The molecule has 2 fully saturated rings. The molecule has 0 radical (unpaired) electrons. The highest BCUT2D eigenvalue weighted by Crippen LogP contribution is 2.36. The van der Waals surface area contributed by atoms with Crippen LogP contribution in [0, 0.1) is 11.8 Å². The van der Waals surface area contributed by atoms with Gasteiger partial charge in [0.1, 0.15) is 5.60 Å². The van der Waals surface area contributed by atoms with Gasteiger partial charge in [0.15, 0.2) is 0 Å². The second-order valence-corrected chi connectivity index (χ2v) is 9.44. The molecule has 2 aliphatic heterocycles. The average molecular weight is 433 g/mol. The van der Waals surface area contributed by atoms with Gasteiger partial charge < -0.3 is 24.7 Å². The molecular formula is C23H32N2O6. The van der Waals surface area contributed by atoms with Gasteiger partial charge in [-0.1, -0.05) is 6.07 Å². The van der Waals surface area contributed by atoms with E-state index in [0.717, 1.165) is 25.7 Å². The molecule has 0 aliphatic carbocycles. The highest BCUT2D eigenvalue weighted by Gasteiger charge is 2.34. The minimum Gasteiger partial charge on any atom is -0.478 e. The molecule has 2 saturated heterocycles. The molecule has 1 aromatic rings. The van der Waals surface area contributed by atoms with Crippen LogP contribution in [0.5, 0.6) is 0 Å². The highest BCUT2D eigenvalue weighted by atomic mass is 16.6. The third kappa shape index (κ3) is 5.48. The average Bonchev–Trinajstić information content (AvgIpc) is 2.72. The summed E-state index contributed by atoms with van der Waals surface area (Å²) in [4.78, 5) is 39.3. The second-order valence-electron chi connectivity index (χ2n) is 9.44. The first-order chi connectivity index (χ1) is 14.6. The monoisotopic (exact) mass is 432 g/mol. The van der Waals surface area contributed by atoms with Gasteiger partial charge in [-0.05, 0) is 70.4 Å². The molecule has 0 spiro atoms. The zero-order chi connectivity index (χ0) is 22.8. The largest absolute Gasteiger partial charge is 0.478 e. The summed E-state index contributed by atoms with van der Waals surface area (Å²) in [6.45, 7) is 8.22. The lowest BCUT2D eigenvalue weighted by Crippen LogP contribution is -2.44. The number of amides is 1. The number of piperidine rings is 2. The fraction of sp³-hybridized carbons (Fsp3) is 0.609. The van der Waals surface area contributed by atoms with Crippen molar-refractivity contribution in [3.8, 4) is 0 Å². The van der Waals surface area contributed by atoms with Crippen LogP contribution in [0.2, 0.25) is 0 Å². The Morgan fingerprint density at radius 1 is 0.871 bits per heavy atom. The molecule has 0 atom stereocenters. The van der Waals surface area contributed by atoms with Crippen molar-refractivity contribution in [3.63, 3.8) is 0 Å². The van der Waals surface area contributed by atoms with Crippen LogP contribution < -0.4 is 4.90 Å². The number of carboxylic acids is 2. The molecule has 0 bridgehead atoms. The number of rotatable bonds is 4. The minimum atomic E-state index is -1.12. The van der Waals surface area contributed by atoms with Crippen LogP contribution in [0.15, 0.2) is 18.2 Å². The zero-order valence-electron chi connectivity index (χ0n) is 18.5. The van der Waals surface area contributed by atoms with Crippen LogP contribution in [0.25, 0.3) is 0 Å². The normalized spacial score (nSPS) is 18.7. The first-order valence-electron chi connectivity index (χ1n) is 10.9. The van der Waals surface area contributed by atoms with E-state index in [1.807, 2.05) is 25.7 Å². The van der Waals surface area contributed by atoms with Crippen LogP contribution >= 0.6 is 0 Å². The second kappa shape index (κ2) is 9.16. The Balaban J connectivity index is 1.60. The van der Waals surface area contributed by atoms with Crippen molar-refractivity contribution in [2.75, 3.05) is 31.1 Å². The van der Waals surface area contributed by atoms with E-state index in [4.69, 9.17) is 4.74 Å². The molecule has 2 N–H and O–H groups in total. The van der Waals surface area contributed by atoms with E-state index in [0.29, 0.717) is 43.7 Å². The van der Waals surface area contributed by atoms with E-state index in [9.17, 15) is 24.6 Å². The van der Waals surface area contributed by atoms with Crippen molar-refractivity contribution in [3.05, 3.63) is 29.3 Å². The van der Waals surface area contributed by atoms with Gasteiger partial charge in [0.05, 0.1) is 16.8 Å². The number of ether oxygens (including phenoxy) is 1. The standard InChI is InChI=1S/C23H32N2O6/c1-23(2,3)31-22(30)25-13-9-16(10-14-25)15-7-11-24(12-8-15)19-17(20(26)27)5-4-6-18(19)21(28)29/h4-6,15-16H,7-14H2,1-3H3,(H,26,27)(H,28,29). The Morgan fingerprint density at radius 2 is 1.32 bits per heavy atom. The molecule has 3 rings (SSSR count). The minimum absolute atomic E-state index is 0.0315. The van der Waals surface area contributed by atoms with E-state index in [1.54, 1.807) is 4.90 Å². The summed E-state index contributed by atoms with van der Waals surface area (Å²) in [5.74, 6) is -1.23. The number of benzene rings is 1. The quantitative estimate of drug-likeness (QED) is 0.742. The van der Waals surface area contributed by atoms with Gasteiger partial charge >= 0.3 is 18.0 Å². The van der Waals surface area contributed by atoms with Crippen molar-refractivity contribution < 1.29 is 29.3 Å². The molecule has 2 aliphatic rings. The van der Waals surface area contributed by atoms with Gasteiger partial charge in [0.25, 0.3) is 0 Å². The topological polar surface area (TPSA) is 107 Å². The summed E-state index contributed by atoms with van der Waals surface area (Å²) < 4.78 is 5.47. The summed E-state index contributed by atoms with van der Waals surface area (Å²) >= 11 is 0. The number of carboxylic acid groups (broad SMARTS) is 2. The molecule has 8 nitrogen and oxygen atoms in total. The van der Waals surface area contributed by atoms with Crippen LogP contribution in [0.4, 0.5) is 10.5 Å². The number of aromatic carboxylic acids is 2. The molecule has 8 heteroatoms. The van der Waals surface area contributed by atoms with Gasteiger partial charge in [0.2, 0.25) is 0 Å². The molecular weight excluding hydrogens is 400 g/mol. The maximum atomic E-state index is 12.3. The molecule has 0 aromatic heterocycles. The van der Waals surface area contributed by atoms with E-state index in [1.165, 1.54) is 18.2 Å². The number of para-hydroxylation sites is 1. The number of hydrogen-bond donors (Lipinski definition) is 2. The lowest BCUT2D eigenvalue weighted by Gasteiger charge is -2.41. The third-order valence-corrected chi connectivity index (χ3v) is 6.21. The number of hydrogen-bond acceptors (Lipinski definition) is 5. The highest BCUT2D eigenvalue weighted by molar-refractivity contribution is 6.03. The molecule has 0 saturated carbocycles. The van der Waals surface area contributed by atoms with Gasteiger partial charge in [-0.3, -0.25) is 0 Å². The Hall–Kier alpha value is -2.77. The number of carbonyl (C=O) groups excluding carboxylic acids is 1. The fourth-order valence-electron chi connectivity index (χ4n) is 4.70. The Bertz CT molecular complexity index is 799. The van der Waals surface area contributed by atoms with E-state index in [-0.39, 0.29) is 17.2 Å². The van der Waals surface area contributed by atoms with Crippen LogP contribution in [-0.2, 0) is 4.74 Å². The van der Waals surface area contributed by atoms with E-state index < -0.39 is 17.5 Å². The van der Waals surface area contributed by atoms with Crippen molar-refractivity contribution in [2.24, 2.45) is 11.8 Å². The fourth-order valence-corrected chi connectivity index (χ4v) is 4.70. The van der Waals surface area contributed by atoms with Crippen LogP contribution in [0.3, 0.4) is 0 Å². The number of likely N-dealkylation sites (tertiary alicyclic amines) is 1. The SMILES string of the molecule is CC(C)(C)OC(=O)N1CCC(C2CCN(c3c(C(=O)O)cccc3C(=O)O)CC2)CC1. The molecule has 1 amide bonds. The van der Waals surface area contributed by atoms with Crippen molar-refractivity contribution in [1.29, 1.82) is 0 Å². The summed E-state index contributed by atoms with van der Waals surface area (Å²) in [5, 5.41) is 19.1. The summed E-state index contributed by atoms with van der Waals surface area (Å²) in [6, 6.07) is 4.40. The molecule has 2 heterocycles. The van der Waals surface area contributed by atoms with Gasteiger partial charge in [-0.25, -0.2) is 14.4 Å². The summed E-state index contributed by atoms with van der Waals surface area (Å²) in [6.07, 6.45) is 3.35. The van der Waals surface area contributed by atoms with Crippen LogP contribution in [0.1, 0.15) is 67.2 Å². The lowest BCUT2D eigenvalue weighted by molar-refractivity contribution is 0.0152.